The summed E-state index contributed by atoms with van der Waals surface area (Å²) in [5.41, 5.74) is -0.245. The third-order valence-corrected chi connectivity index (χ3v) is 5.26. The number of halogens is 5. The largest absolute Gasteiger partial charge is 0.419 e. The first-order valence-corrected chi connectivity index (χ1v) is 10.0. The second-order valence-corrected chi connectivity index (χ2v) is 7.63. The van der Waals surface area contributed by atoms with Crippen LogP contribution in [-0.2, 0) is 23.8 Å². The van der Waals surface area contributed by atoms with Gasteiger partial charge in [-0.2, -0.15) is 13.2 Å². The fourth-order valence-electron chi connectivity index (χ4n) is 3.65. The Labute approximate surface area is 190 Å². The highest BCUT2D eigenvalue weighted by Gasteiger charge is 2.35. The van der Waals surface area contributed by atoms with Crippen LogP contribution in [0.1, 0.15) is 27.0 Å². The maximum Gasteiger partial charge on any atom is 0.419 e. The Morgan fingerprint density at radius 3 is 2.35 bits per heavy atom. The fourth-order valence-corrected chi connectivity index (χ4v) is 3.65. The average Bonchev–Trinajstić information content (AvgIpc) is 3.14. The van der Waals surface area contributed by atoms with Crippen LogP contribution in [0, 0.1) is 11.6 Å². The molecule has 11 heteroatoms. The highest BCUT2D eigenvalue weighted by atomic mass is 19.4. The first kappa shape index (κ1) is 23.1. The van der Waals surface area contributed by atoms with E-state index in [1.54, 1.807) is 18.2 Å². The number of carbonyl (C=O) groups is 2. The van der Waals surface area contributed by atoms with Crippen LogP contribution in [0.25, 0.3) is 0 Å². The highest BCUT2D eigenvalue weighted by Crippen LogP contribution is 2.38. The number of fused-ring (bicyclic) bond motifs is 1. The van der Waals surface area contributed by atoms with Gasteiger partial charge in [0.1, 0.15) is 11.6 Å². The number of pyridine rings is 1. The zero-order valence-corrected chi connectivity index (χ0v) is 17.6. The van der Waals surface area contributed by atoms with Crippen LogP contribution in [-0.4, -0.2) is 23.7 Å². The molecule has 0 fully saturated rings. The molecule has 1 amide bonds. The average molecular weight is 476 g/mol. The van der Waals surface area contributed by atoms with Gasteiger partial charge in [0.2, 0.25) is 0 Å². The summed E-state index contributed by atoms with van der Waals surface area (Å²) in [4.78, 5) is 27.5. The molecule has 0 aliphatic heterocycles. The molecule has 2 aromatic carbocycles. The minimum atomic E-state index is -4.83. The van der Waals surface area contributed by atoms with Crippen molar-refractivity contribution >= 4 is 34.6 Å². The molecule has 6 nitrogen and oxygen atoms in total. The molecule has 1 aliphatic rings. The number of nitrogens with one attached hydrogen (secondary N) is 3. The Kier molecular flexibility index (Phi) is 5.94. The monoisotopic (exact) mass is 476 g/mol. The van der Waals surface area contributed by atoms with Gasteiger partial charge in [-0.05, 0) is 29.3 Å². The number of aromatic nitrogens is 1. The summed E-state index contributed by atoms with van der Waals surface area (Å²) in [5.74, 6) is -3.40. The number of hydrogen-bond donors (Lipinski definition) is 3. The Bertz CT molecular complexity index is 1310. The lowest BCUT2D eigenvalue weighted by molar-refractivity contribution is -0.137. The second-order valence-electron chi connectivity index (χ2n) is 7.63. The van der Waals surface area contributed by atoms with Gasteiger partial charge < -0.3 is 16.0 Å². The predicted molar refractivity (Wildman–Crippen MR) is 114 cm³/mol. The molecule has 1 heterocycles. The van der Waals surface area contributed by atoms with Crippen LogP contribution >= 0.6 is 0 Å². The number of amides is 1. The number of alkyl halides is 3. The fraction of sp³-hybridized carbons (Fsp3) is 0.174. The lowest BCUT2D eigenvalue weighted by Gasteiger charge is -2.18. The van der Waals surface area contributed by atoms with Gasteiger partial charge in [0.25, 0.3) is 5.91 Å². The van der Waals surface area contributed by atoms with E-state index >= 15 is 0 Å². The van der Waals surface area contributed by atoms with Gasteiger partial charge in [0, 0.05) is 43.9 Å². The number of hydrogen-bond acceptors (Lipinski definition) is 5. The van der Waals surface area contributed by atoms with Crippen molar-refractivity contribution in [1.82, 2.24) is 10.3 Å². The van der Waals surface area contributed by atoms with Crippen molar-refractivity contribution < 1.29 is 31.5 Å². The first-order valence-electron chi connectivity index (χ1n) is 10.0. The van der Waals surface area contributed by atoms with Crippen molar-refractivity contribution in [3.05, 3.63) is 76.5 Å². The minimum absolute atomic E-state index is 0.0175. The van der Waals surface area contributed by atoms with Gasteiger partial charge in [0.05, 0.1) is 22.5 Å². The number of ketones is 1. The van der Waals surface area contributed by atoms with Gasteiger partial charge in [-0.15, -0.1) is 0 Å². The molecule has 3 aromatic rings. The Morgan fingerprint density at radius 1 is 0.941 bits per heavy atom. The smallest absolute Gasteiger partial charge is 0.355 e. The minimum Gasteiger partial charge on any atom is -0.355 e. The van der Waals surface area contributed by atoms with Crippen LogP contribution in [0.2, 0.25) is 0 Å². The van der Waals surface area contributed by atoms with Crippen LogP contribution < -0.4 is 16.0 Å². The van der Waals surface area contributed by atoms with E-state index in [-0.39, 0.29) is 29.3 Å². The molecule has 3 N–H and O–H groups in total. The quantitative estimate of drug-likeness (QED) is 0.457. The van der Waals surface area contributed by atoms with Crippen molar-refractivity contribution in [1.29, 1.82) is 0 Å². The Balaban J connectivity index is 1.72. The number of carbonyl (C=O) groups excluding carboxylic acids is 2. The van der Waals surface area contributed by atoms with Crippen LogP contribution in [0.4, 0.5) is 44.8 Å². The van der Waals surface area contributed by atoms with E-state index in [9.17, 15) is 31.5 Å². The molecule has 1 aliphatic carbocycles. The van der Waals surface area contributed by atoms with Crippen molar-refractivity contribution in [3.8, 4) is 0 Å². The lowest BCUT2D eigenvalue weighted by Crippen LogP contribution is -2.20. The van der Waals surface area contributed by atoms with E-state index in [0.717, 1.165) is 17.2 Å². The van der Waals surface area contributed by atoms with Crippen LogP contribution in [0.5, 0.6) is 0 Å². The number of rotatable bonds is 5. The van der Waals surface area contributed by atoms with Crippen molar-refractivity contribution in [2.75, 3.05) is 17.7 Å². The van der Waals surface area contributed by atoms with Gasteiger partial charge in [-0.1, -0.05) is 6.07 Å². The highest BCUT2D eigenvalue weighted by molar-refractivity contribution is 6.00. The van der Waals surface area contributed by atoms with Crippen molar-refractivity contribution in [2.45, 2.75) is 19.0 Å². The zero-order chi connectivity index (χ0) is 24.6. The zero-order valence-electron chi connectivity index (χ0n) is 17.6. The van der Waals surface area contributed by atoms with Gasteiger partial charge in [-0.25, -0.2) is 13.8 Å². The molecule has 34 heavy (non-hydrogen) atoms. The third-order valence-electron chi connectivity index (χ3n) is 5.26. The first-order chi connectivity index (χ1) is 16.0. The predicted octanol–water partition coefficient (Wildman–Crippen LogP) is 4.89. The Morgan fingerprint density at radius 2 is 1.65 bits per heavy atom. The van der Waals surface area contributed by atoms with E-state index in [1.165, 1.54) is 7.05 Å². The summed E-state index contributed by atoms with van der Waals surface area (Å²) in [7, 11) is 1.24. The molecule has 1 aromatic heterocycles. The molecule has 0 bridgehead atoms. The van der Waals surface area contributed by atoms with Crippen LogP contribution in [0.15, 0.2) is 42.6 Å². The summed E-state index contributed by atoms with van der Waals surface area (Å²) >= 11 is 0. The molecule has 0 saturated carbocycles. The molecular formula is C23H17F5N4O2. The molecule has 176 valence electrons. The Hall–Kier alpha value is -4.02. The molecule has 0 atom stereocenters. The van der Waals surface area contributed by atoms with Gasteiger partial charge in [-0.3, -0.25) is 9.59 Å². The van der Waals surface area contributed by atoms with Gasteiger partial charge in [0.15, 0.2) is 11.6 Å². The normalized spacial score (nSPS) is 12.9. The topological polar surface area (TPSA) is 83.1 Å². The summed E-state index contributed by atoms with van der Waals surface area (Å²) < 4.78 is 68.4. The van der Waals surface area contributed by atoms with E-state index in [2.05, 4.69) is 20.9 Å². The summed E-state index contributed by atoms with van der Waals surface area (Å²) in [6.45, 7) is 0. The van der Waals surface area contributed by atoms with Gasteiger partial charge >= 0.3 is 6.18 Å². The molecule has 0 spiro atoms. The second kappa shape index (κ2) is 8.73. The number of anilines is 4. The summed E-state index contributed by atoms with van der Waals surface area (Å²) in [6, 6.07) is 7.37. The number of Topliss-reactive ketones (excluding diaryl/α,β-unsaturated/α-hetero) is 1. The maximum absolute atomic E-state index is 13.8. The van der Waals surface area contributed by atoms with Crippen molar-refractivity contribution in [3.63, 3.8) is 0 Å². The van der Waals surface area contributed by atoms with E-state index < -0.39 is 35.0 Å². The van der Waals surface area contributed by atoms with E-state index in [1.807, 2.05) is 0 Å². The molecule has 0 unspecified atom stereocenters. The maximum atomic E-state index is 13.8. The number of nitrogens with zero attached hydrogens (tertiary/aromatic N) is 1. The van der Waals surface area contributed by atoms with E-state index in [4.69, 9.17) is 0 Å². The third kappa shape index (κ3) is 4.68. The lowest BCUT2D eigenvalue weighted by atomic mass is 10.1. The van der Waals surface area contributed by atoms with Crippen molar-refractivity contribution in [2.24, 2.45) is 0 Å². The SMILES string of the molecule is CNC(=O)c1cc(F)c(F)cc1Nc1cc(Nc2ccc3c(c2)CC(=O)C3)ncc1C(F)(F)F. The standard InChI is InChI=1S/C23H17F5N4O2/c1-29-22(34)15-7-17(24)18(25)8-19(15)32-20-9-21(30-10-16(20)23(26,27)28)31-13-3-2-11-5-14(33)6-12(11)4-13/h2-4,7-10H,5-6H2,1H3,(H,29,34)(H2,30,31,32). The summed E-state index contributed by atoms with van der Waals surface area (Å²) in [5, 5.41) is 7.50. The molecule has 0 radical (unpaired) electrons. The molecular weight excluding hydrogens is 459 g/mol. The molecule has 0 saturated heterocycles. The molecule has 4 rings (SSSR count). The van der Waals surface area contributed by atoms with E-state index in [0.29, 0.717) is 30.4 Å². The van der Waals surface area contributed by atoms with Crippen LogP contribution in [0.3, 0.4) is 0 Å². The number of benzene rings is 2. The summed E-state index contributed by atoms with van der Waals surface area (Å²) in [6.07, 6.45) is -3.63.